The van der Waals surface area contributed by atoms with E-state index < -0.39 is 0 Å². The summed E-state index contributed by atoms with van der Waals surface area (Å²) in [5.74, 6) is 3.77. The molecule has 2 saturated heterocycles. The van der Waals surface area contributed by atoms with Gasteiger partial charge in [-0.3, -0.25) is 4.99 Å². The lowest BCUT2D eigenvalue weighted by atomic mass is 9.46. The van der Waals surface area contributed by atoms with Crippen LogP contribution in [0.1, 0.15) is 32.1 Å². The lowest BCUT2D eigenvalue weighted by Crippen LogP contribution is -2.72. The van der Waals surface area contributed by atoms with Gasteiger partial charge in [0.1, 0.15) is 0 Å². The Balaban J connectivity index is 0.00000192. The third kappa shape index (κ3) is 3.58. The molecule has 4 nitrogen and oxygen atoms in total. The molecule has 0 aromatic heterocycles. The lowest BCUT2D eigenvalue weighted by molar-refractivity contribution is -0.171. The van der Waals surface area contributed by atoms with Crippen molar-refractivity contribution in [1.82, 2.24) is 10.2 Å². The average molecular weight is 513 g/mol. The van der Waals surface area contributed by atoms with E-state index in [1.54, 1.807) is 0 Å². The second-order valence-electron chi connectivity index (χ2n) is 8.72. The fourth-order valence-corrected chi connectivity index (χ4v) is 6.83. The molecule has 2 aliphatic heterocycles. The van der Waals surface area contributed by atoms with Gasteiger partial charge in [-0.1, -0.05) is 24.6 Å². The zero-order valence-corrected chi connectivity index (χ0v) is 19.8. The van der Waals surface area contributed by atoms with Crippen molar-refractivity contribution in [1.29, 1.82) is 0 Å². The minimum Gasteiger partial charge on any atom is -0.377 e. The van der Waals surface area contributed by atoms with Crippen LogP contribution in [-0.4, -0.2) is 55.5 Å². The van der Waals surface area contributed by atoms with Crippen molar-refractivity contribution in [2.45, 2.75) is 49.1 Å². The van der Waals surface area contributed by atoms with E-state index in [0.717, 1.165) is 31.6 Å². The molecule has 28 heavy (non-hydrogen) atoms. The Labute approximate surface area is 190 Å². The van der Waals surface area contributed by atoms with Crippen LogP contribution in [0.25, 0.3) is 0 Å². The summed E-state index contributed by atoms with van der Waals surface area (Å²) in [4.78, 5) is 8.54. The largest absolute Gasteiger partial charge is 0.377 e. The van der Waals surface area contributed by atoms with Crippen LogP contribution in [0.5, 0.6) is 0 Å². The minimum atomic E-state index is 0. The topological polar surface area (TPSA) is 36.9 Å². The van der Waals surface area contributed by atoms with Crippen molar-refractivity contribution < 1.29 is 4.74 Å². The molecule has 4 atom stereocenters. The molecule has 1 aromatic rings. The highest BCUT2D eigenvalue weighted by Crippen LogP contribution is 2.62. The van der Waals surface area contributed by atoms with Gasteiger partial charge >= 0.3 is 0 Å². The lowest BCUT2D eigenvalue weighted by Gasteiger charge is -2.63. The Bertz CT molecular complexity index is 696. The molecule has 4 unspecified atom stereocenters. The van der Waals surface area contributed by atoms with Gasteiger partial charge in [-0.05, 0) is 43.7 Å². The van der Waals surface area contributed by atoms with Gasteiger partial charge in [-0.15, -0.1) is 35.7 Å². The highest BCUT2D eigenvalue weighted by molar-refractivity contribution is 14.0. The number of hydrogen-bond acceptors (Lipinski definition) is 3. The molecule has 1 aromatic carbocycles. The van der Waals surface area contributed by atoms with E-state index in [-0.39, 0.29) is 24.0 Å². The maximum atomic E-state index is 6.08. The maximum Gasteiger partial charge on any atom is 0.193 e. The highest BCUT2D eigenvalue weighted by Gasteiger charge is 2.66. The Morgan fingerprint density at radius 2 is 2.11 bits per heavy atom. The van der Waals surface area contributed by atoms with E-state index in [1.165, 1.54) is 42.8 Å². The van der Waals surface area contributed by atoms with Gasteiger partial charge < -0.3 is 15.0 Å². The Morgan fingerprint density at radius 3 is 2.82 bits per heavy atom. The maximum absolute atomic E-state index is 6.08. The Morgan fingerprint density at radius 1 is 1.29 bits per heavy atom. The van der Waals surface area contributed by atoms with Crippen molar-refractivity contribution in [3.63, 3.8) is 0 Å². The summed E-state index contributed by atoms with van der Waals surface area (Å²) in [6, 6.07) is 11.4. The normalized spacial score (nSPS) is 33.0. The van der Waals surface area contributed by atoms with Crippen LogP contribution in [0, 0.1) is 17.3 Å². The zero-order valence-electron chi connectivity index (χ0n) is 16.7. The summed E-state index contributed by atoms with van der Waals surface area (Å²) < 4.78 is 6.08. The second kappa shape index (κ2) is 8.72. The molecule has 6 heteroatoms. The van der Waals surface area contributed by atoms with Crippen molar-refractivity contribution >= 4 is 41.7 Å². The van der Waals surface area contributed by atoms with Crippen molar-refractivity contribution in [3.05, 3.63) is 30.3 Å². The van der Waals surface area contributed by atoms with E-state index in [1.807, 2.05) is 18.8 Å². The first kappa shape index (κ1) is 20.8. The molecule has 4 fully saturated rings. The Kier molecular flexibility index (Phi) is 6.47. The SMILES string of the molecule is CN=C(NC1C2CCOC2C12CCC2)N1CCC(CSc2ccccc2)C1.I. The number of nitrogens with zero attached hydrogens (tertiary/aromatic N) is 2. The number of benzene rings is 1. The van der Waals surface area contributed by atoms with Gasteiger partial charge in [0.15, 0.2) is 5.96 Å². The average Bonchev–Trinajstić information content (AvgIpc) is 3.29. The number of guanidine groups is 1. The molecule has 0 radical (unpaired) electrons. The van der Waals surface area contributed by atoms with Gasteiger partial charge in [0.25, 0.3) is 0 Å². The number of thioether (sulfide) groups is 1. The number of rotatable bonds is 4. The zero-order chi connectivity index (χ0) is 18.3. The van der Waals surface area contributed by atoms with Gasteiger partial charge in [0.05, 0.1) is 6.10 Å². The van der Waals surface area contributed by atoms with Crippen molar-refractivity contribution in [2.75, 3.05) is 32.5 Å². The predicted octanol–water partition coefficient (Wildman–Crippen LogP) is 4.25. The van der Waals surface area contributed by atoms with E-state index >= 15 is 0 Å². The summed E-state index contributed by atoms with van der Waals surface area (Å²) >= 11 is 1.99. The molecule has 2 heterocycles. The van der Waals surface area contributed by atoms with Crippen LogP contribution in [-0.2, 0) is 4.74 Å². The summed E-state index contributed by atoms with van der Waals surface area (Å²) in [5.41, 5.74) is 0.416. The number of nitrogens with one attached hydrogen (secondary N) is 1. The molecule has 2 saturated carbocycles. The molecule has 5 rings (SSSR count). The van der Waals surface area contributed by atoms with Crippen molar-refractivity contribution in [3.8, 4) is 0 Å². The first-order valence-corrected chi connectivity index (χ1v) is 11.6. The molecule has 4 aliphatic rings. The number of fused-ring (bicyclic) bond motifs is 2. The predicted molar refractivity (Wildman–Crippen MR) is 127 cm³/mol. The first-order valence-electron chi connectivity index (χ1n) is 10.6. The van der Waals surface area contributed by atoms with Crippen LogP contribution in [0.3, 0.4) is 0 Å². The Hall–Kier alpha value is -0.470. The van der Waals surface area contributed by atoms with E-state index in [2.05, 4.69) is 45.5 Å². The van der Waals surface area contributed by atoms with Gasteiger partial charge in [0, 0.05) is 54.8 Å². The molecular weight excluding hydrogens is 481 g/mol. The van der Waals surface area contributed by atoms with Crippen LogP contribution in [0.15, 0.2) is 40.2 Å². The number of likely N-dealkylation sites (tertiary alicyclic amines) is 1. The van der Waals surface area contributed by atoms with Crippen LogP contribution >= 0.6 is 35.7 Å². The van der Waals surface area contributed by atoms with Gasteiger partial charge in [-0.2, -0.15) is 0 Å². The molecule has 2 aliphatic carbocycles. The molecule has 0 amide bonds. The van der Waals surface area contributed by atoms with Gasteiger partial charge in [-0.25, -0.2) is 0 Å². The fraction of sp³-hybridized carbons (Fsp3) is 0.682. The second-order valence-corrected chi connectivity index (χ2v) is 9.82. The summed E-state index contributed by atoms with van der Waals surface area (Å²) in [6.45, 7) is 3.21. The third-order valence-electron chi connectivity index (χ3n) is 7.35. The minimum absolute atomic E-state index is 0. The summed E-state index contributed by atoms with van der Waals surface area (Å²) in [5, 5.41) is 3.89. The highest BCUT2D eigenvalue weighted by atomic mass is 127. The van der Waals surface area contributed by atoms with E-state index in [4.69, 9.17) is 4.74 Å². The molecule has 1 N–H and O–H groups in total. The summed E-state index contributed by atoms with van der Waals surface area (Å²) in [7, 11) is 1.95. The van der Waals surface area contributed by atoms with Crippen molar-refractivity contribution in [2.24, 2.45) is 22.2 Å². The van der Waals surface area contributed by atoms with Gasteiger partial charge in [0.2, 0.25) is 0 Å². The standard InChI is InChI=1S/C22H31N3OS.HI/c1-23-21(24-19-18-9-13-26-20(18)22(19)10-5-11-22)25-12-8-16(14-25)15-27-17-6-3-2-4-7-17;/h2-4,6-7,16,18-20H,5,8-15H2,1H3,(H,23,24);1H. The number of aliphatic imine (C=N–C) groups is 1. The van der Waals surface area contributed by atoms with Crippen LogP contribution < -0.4 is 5.32 Å². The molecule has 0 bridgehead atoms. The van der Waals surface area contributed by atoms with E-state index in [9.17, 15) is 0 Å². The number of hydrogen-bond donors (Lipinski definition) is 1. The van der Waals surface area contributed by atoms with Crippen LogP contribution in [0.2, 0.25) is 0 Å². The first-order chi connectivity index (χ1) is 13.3. The number of ether oxygens (including phenoxy) is 1. The monoisotopic (exact) mass is 513 g/mol. The smallest absolute Gasteiger partial charge is 0.193 e. The fourth-order valence-electron chi connectivity index (χ4n) is 5.78. The molecular formula is C22H32IN3OS. The molecule has 154 valence electrons. The third-order valence-corrected chi connectivity index (χ3v) is 8.59. The molecule has 1 spiro atoms. The van der Waals surface area contributed by atoms with E-state index in [0.29, 0.717) is 23.5 Å². The number of halogens is 1. The quantitative estimate of drug-likeness (QED) is 0.283. The van der Waals surface area contributed by atoms with Crippen LogP contribution in [0.4, 0.5) is 0 Å². The summed E-state index contributed by atoms with van der Waals surface area (Å²) in [6.07, 6.45) is 7.04.